The first-order chi connectivity index (χ1) is 14.1. The van der Waals surface area contributed by atoms with Crippen LogP contribution < -0.4 is 4.74 Å². The molecular formula is C22H13F7O. The number of allylic oxidation sites excluding steroid dienone is 1. The van der Waals surface area contributed by atoms with Gasteiger partial charge >= 0.3 is 6.11 Å². The number of hydrogen-bond acceptors (Lipinski definition) is 1. The van der Waals surface area contributed by atoms with Gasteiger partial charge in [0.25, 0.3) is 0 Å². The van der Waals surface area contributed by atoms with Crippen LogP contribution in [0.5, 0.6) is 5.75 Å². The van der Waals surface area contributed by atoms with Gasteiger partial charge < -0.3 is 4.74 Å². The van der Waals surface area contributed by atoms with Crippen molar-refractivity contribution in [3.63, 3.8) is 0 Å². The monoisotopic (exact) mass is 426 g/mol. The summed E-state index contributed by atoms with van der Waals surface area (Å²) in [4.78, 5) is 0. The molecule has 0 aliphatic heterocycles. The van der Waals surface area contributed by atoms with Crippen molar-refractivity contribution >= 4 is 5.83 Å². The second kappa shape index (κ2) is 8.22. The molecule has 0 aliphatic rings. The third-order valence-corrected chi connectivity index (χ3v) is 4.19. The molecule has 0 bridgehead atoms. The fraction of sp³-hybridized carbons (Fsp3) is 0.0909. The van der Waals surface area contributed by atoms with Crippen LogP contribution in [0.25, 0.3) is 17.0 Å². The fourth-order valence-corrected chi connectivity index (χ4v) is 2.65. The molecule has 0 saturated heterocycles. The lowest BCUT2D eigenvalue weighted by Gasteiger charge is -2.18. The number of rotatable bonds is 5. The molecule has 0 aromatic heterocycles. The third-order valence-electron chi connectivity index (χ3n) is 4.19. The molecule has 0 saturated carbocycles. The molecule has 3 rings (SSSR count). The van der Waals surface area contributed by atoms with Crippen LogP contribution in [-0.2, 0) is 6.11 Å². The van der Waals surface area contributed by atoms with Crippen molar-refractivity contribution in [1.82, 2.24) is 0 Å². The minimum absolute atomic E-state index is 0.0125. The Morgan fingerprint density at radius 1 is 0.767 bits per heavy atom. The number of ether oxygens (including phenoxy) is 1. The van der Waals surface area contributed by atoms with E-state index in [1.54, 1.807) is 0 Å². The summed E-state index contributed by atoms with van der Waals surface area (Å²) >= 11 is 0. The van der Waals surface area contributed by atoms with Gasteiger partial charge in [0.1, 0.15) is 11.6 Å². The quantitative estimate of drug-likeness (QED) is 0.303. The molecule has 0 unspecified atom stereocenters. The van der Waals surface area contributed by atoms with Gasteiger partial charge in [-0.15, -0.1) is 0 Å². The van der Waals surface area contributed by atoms with Gasteiger partial charge in [-0.25, -0.2) is 22.0 Å². The van der Waals surface area contributed by atoms with E-state index in [1.165, 1.54) is 12.1 Å². The Hall–Kier alpha value is -3.29. The Kier molecular flexibility index (Phi) is 5.87. The van der Waals surface area contributed by atoms with Crippen molar-refractivity contribution in [2.75, 3.05) is 0 Å². The van der Waals surface area contributed by atoms with Crippen molar-refractivity contribution in [3.05, 3.63) is 95.1 Å². The first kappa shape index (κ1) is 21.4. The summed E-state index contributed by atoms with van der Waals surface area (Å²) in [6.07, 6.45) is -3.79. The van der Waals surface area contributed by atoms with Crippen molar-refractivity contribution in [2.45, 2.75) is 13.0 Å². The van der Waals surface area contributed by atoms with E-state index in [0.29, 0.717) is 0 Å². The Bertz CT molecular complexity index is 1060. The van der Waals surface area contributed by atoms with Gasteiger partial charge in [0, 0.05) is 5.56 Å². The van der Waals surface area contributed by atoms with Gasteiger partial charge in [-0.3, -0.25) is 0 Å². The Morgan fingerprint density at radius 2 is 1.30 bits per heavy atom. The summed E-state index contributed by atoms with van der Waals surface area (Å²) in [5.41, 5.74) is -0.532. The van der Waals surface area contributed by atoms with Crippen molar-refractivity contribution < 1.29 is 35.5 Å². The van der Waals surface area contributed by atoms with E-state index in [-0.39, 0.29) is 22.4 Å². The lowest BCUT2D eigenvalue weighted by molar-refractivity contribution is -0.185. The van der Waals surface area contributed by atoms with E-state index in [2.05, 4.69) is 4.74 Å². The van der Waals surface area contributed by atoms with Crippen LogP contribution >= 0.6 is 0 Å². The van der Waals surface area contributed by atoms with Crippen LogP contribution in [0.2, 0.25) is 0 Å². The molecule has 0 fully saturated rings. The molecule has 0 atom stereocenters. The Labute approximate surface area is 167 Å². The molecule has 0 radical (unpaired) electrons. The molecule has 156 valence electrons. The smallest absolute Gasteiger partial charge is 0.426 e. The second-order valence-corrected chi connectivity index (χ2v) is 6.32. The largest absolute Gasteiger partial charge is 0.429 e. The van der Waals surface area contributed by atoms with Crippen LogP contribution in [-0.4, -0.2) is 0 Å². The van der Waals surface area contributed by atoms with Gasteiger partial charge in [0.05, 0.1) is 5.56 Å². The van der Waals surface area contributed by atoms with Crippen molar-refractivity contribution in [2.24, 2.45) is 0 Å². The Morgan fingerprint density at radius 3 is 1.80 bits per heavy atom. The normalized spacial score (nSPS) is 12.5. The highest BCUT2D eigenvalue weighted by molar-refractivity contribution is 5.64. The minimum atomic E-state index is -3.79. The molecule has 1 nitrogen and oxygen atoms in total. The maximum atomic E-state index is 14.4. The highest BCUT2D eigenvalue weighted by atomic mass is 19.3. The molecule has 8 heteroatoms. The van der Waals surface area contributed by atoms with E-state index in [4.69, 9.17) is 0 Å². The molecule has 0 aliphatic carbocycles. The predicted octanol–water partition coefficient (Wildman–Crippen LogP) is 7.53. The van der Waals surface area contributed by atoms with E-state index in [1.807, 2.05) is 0 Å². The predicted molar refractivity (Wildman–Crippen MR) is 97.5 cm³/mol. The third kappa shape index (κ3) is 4.48. The average Bonchev–Trinajstić information content (AvgIpc) is 2.71. The number of alkyl halides is 2. The minimum Gasteiger partial charge on any atom is -0.429 e. The maximum Gasteiger partial charge on any atom is 0.426 e. The van der Waals surface area contributed by atoms with Crippen LogP contribution in [0.15, 0.2) is 66.5 Å². The standard InChI is InChI=1S/C22H13F7O/c1-12(23)20(26)14-2-6-16(7-3-14)22(28,29)30-17-8-4-13(5-9-17)15-10-18(24)21(27)19(25)11-15/h2-11H,1H3/b20-12+. The molecule has 3 aromatic carbocycles. The number of benzene rings is 3. The molecule has 0 amide bonds. The zero-order chi connectivity index (χ0) is 22.1. The van der Waals surface area contributed by atoms with E-state index >= 15 is 0 Å². The van der Waals surface area contributed by atoms with Gasteiger partial charge in [-0.2, -0.15) is 8.78 Å². The van der Waals surface area contributed by atoms with Crippen LogP contribution in [0.1, 0.15) is 18.1 Å². The highest BCUT2D eigenvalue weighted by Gasteiger charge is 2.34. The summed E-state index contributed by atoms with van der Waals surface area (Å²) in [5, 5.41) is 0. The zero-order valence-corrected chi connectivity index (χ0v) is 15.3. The SMILES string of the molecule is C/C(F)=C(\F)c1ccc(C(F)(F)Oc2ccc(-c3cc(F)c(F)c(F)c3)cc2)cc1. The van der Waals surface area contributed by atoms with Gasteiger partial charge in [0.15, 0.2) is 23.3 Å². The molecule has 30 heavy (non-hydrogen) atoms. The Balaban J connectivity index is 1.80. The van der Waals surface area contributed by atoms with Gasteiger partial charge in [0.2, 0.25) is 0 Å². The maximum absolute atomic E-state index is 14.4. The van der Waals surface area contributed by atoms with Gasteiger partial charge in [-0.05, 0) is 54.4 Å². The second-order valence-electron chi connectivity index (χ2n) is 6.32. The van der Waals surface area contributed by atoms with E-state index < -0.39 is 40.8 Å². The summed E-state index contributed by atoms with van der Waals surface area (Å²) in [6.45, 7) is 0.902. The van der Waals surface area contributed by atoms with Crippen LogP contribution in [0.4, 0.5) is 30.7 Å². The zero-order valence-electron chi connectivity index (χ0n) is 15.3. The lowest BCUT2D eigenvalue weighted by atomic mass is 10.1. The summed E-state index contributed by atoms with van der Waals surface area (Å²) in [6, 6.07) is 10.2. The lowest BCUT2D eigenvalue weighted by Crippen LogP contribution is -2.21. The first-order valence-electron chi connectivity index (χ1n) is 8.53. The van der Waals surface area contributed by atoms with E-state index in [9.17, 15) is 30.7 Å². The van der Waals surface area contributed by atoms with Crippen molar-refractivity contribution in [3.8, 4) is 16.9 Å². The fourth-order valence-electron chi connectivity index (χ4n) is 2.65. The average molecular weight is 426 g/mol. The number of halogens is 7. The van der Waals surface area contributed by atoms with Crippen LogP contribution in [0, 0.1) is 17.5 Å². The molecular weight excluding hydrogens is 413 g/mol. The van der Waals surface area contributed by atoms with Crippen LogP contribution in [0.3, 0.4) is 0 Å². The molecule has 0 N–H and O–H groups in total. The molecule has 0 heterocycles. The molecule has 0 spiro atoms. The number of hydrogen-bond donors (Lipinski definition) is 0. The van der Waals surface area contributed by atoms with Gasteiger partial charge in [-0.1, -0.05) is 24.3 Å². The summed E-state index contributed by atoms with van der Waals surface area (Å²) < 4.78 is 99.5. The molecule has 3 aromatic rings. The topological polar surface area (TPSA) is 9.23 Å². The van der Waals surface area contributed by atoms with E-state index in [0.717, 1.165) is 55.5 Å². The summed E-state index contributed by atoms with van der Waals surface area (Å²) in [5.74, 6) is -6.87. The first-order valence-corrected chi connectivity index (χ1v) is 8.53. The van der Waals surface area contributed by atoms with Crippen molar-refractivity contribution in [1.29, 1.82) is 0 Å². The highest BCUT2D eigenvalue weighted by Crippen LogP contribution is 2.34. The summed E-state index contributed by atoms with van der Waals surface area (Å²) in [7, 11) is 0.